The Morgan fingerprint density at radius 3 is 2.57 bits per heavy atom. The highest BCUT2D eigenvalue weighted by molar-refractivity contribution is 6.06. The normalized spacial score (nSPS) is 16.5. The van der Waals surface area contributed by atoms with Crippen molar-refractivity contribution in [1.82, 2.24) is 0 Å². The van der Waals surface area contributed by atoms with Crippen molar-refractivity contribution in [2.24, 2.45) is 0 Å². The maximum absolute atomic E-state index is 12.8. The number of carbonyl (C=O) groups is 1. The van der Waals surface area contributed by atoms with Crippen molar-refractivity contribution < 1.29 is 9.21 Å². The number of nitrogens with one attached hydrogen (secondary N) is 1. The lowest BCUT2D eigenvalue weighted by atomic mass is 10.0. The fourth-order valence-corrected chi connectivity index (χ4v) is 2.95. The summed E-state index contributed by atoms with van der Waals surface area (Å²) in [6.45, 7) is 0.556. The molecule has 0 radical (unpaired) electrons. The van der Waals surface area contributed by atoms with Crippen molar-refractivity contribution in [2.45, 2.75) is 6.04 Å². The van der Waals surface area contributed by atoms with Gasteiger partial charge in [-0.1, -0.05) is 42.5 Å². The van der Waals surface area contributed by atoms with Crippen LogP contribution in [0.5, 0.6) is 0 Å². The van der Waals surface area contributed by atoms with Crippen LogP contribution in [-0.2, 0) is 0 Å². The molecule has 0 saturated heterocycles. The van der Waals surface area contributed by atoms with E-state index in [1.165, 1.54) is 6.26 Å². The molecular weight excluding hydrogens is 288 g/mol. The van der Waals surface area contributed by atoms with E-state index in [2.05, 4.69) is 17.4 Å². The minimum absolute atomic E-state index is 0.0463. The number of hydrogen-bond donors (Lipinski definition) is 1. The van der Waals surface area contributed by atoms with Gasteiger partial charge in [-0.05, 0) is 29.8 Å². The Labute approximate surface area is 134 Å². The average Bonchev–Trinajstić information content (AvgIpc) is 3.15. The molecule has 1 N–H and O–H groups in total. The van der Waals surface area contributed by atoms with Gasteiger partial charge in [-0.3, -0.25) is 4.79 Å². The van der Waals surface area contributed by atoms with E-state index in [-0.39, 0.29) is 11.9 Å². The van der Waals surface area contributed by atoms with Crippen molar-refractivity contribution in [3.05, 3.63) is 84.3 Å². The van der Waals surface area contributed by atoms with Crippen LogP contribution in [0.2, 0.25) is 0 Å². The molecule has 1 amide bonds. The van der Waals surface area contributed by atoms with E-state index in [1.807, 2.05) is 42.5 Å². The molecule has 1 unspecified atom stereocenters. The zero-order valence-electron chi connectivity index (χ0n) is 12.5. The molecule has 1 aliphatic heterocycles. The summed E-state index contributed by atoms with van der Waals surface area (Å²) in [5, 5.41) is 3.52. The van der Waals surface area contributed by atoms with Crippen LogP contribution in [0.15, 0.2) is 77.4 Å². The molecule has 1 atom stereocenters. The third-order valence-corrected chi connectivity index (χ3v) is 4.07. The molecule has 0 aliphatic carbocycles. The zero-order chi connectivity index (χ0) is 15.6. The highest BCUT2D eigenvalue weighted by atomic mass is 16.3. The Morgan fingerprint density at radius 1 is 1.00 bits per heavy atom. The van der Waals surface area contributed by atoms with E-state index in [4.69, 9.17) is 4.42 Å². The van der Waals surface area contributed by atoms with Gasteiger partial charge < -0.3 is 14.6 Å². The van der Waals surface area contributed by atoms with Gasteiger partial charge in [0.2, 0.25) is 0 Å². The minimum Gasteiger partial charge on any atom is -0.459 e. The highest BCUT2D eigenvalue weighted by Crippen LogP contribution is 2.36. The summed E-state index contributed by atoms with van der Waals surface area (Å²) in [5.74, 6) is 0.235. The van der Waals surface area contributed by atoms with Crippen LogP contribution in [0.3, 0.4) is 0 Å². The number of rotatable bonds is 2. The first kappa shape index (κ1) is 13.6. The van der Waals surface area contributed by atoms with E-state index in [9.17, 15) is 4.79 Å². The van der Waals surface area contributed by atoms with Crippen molar-refractivity contribution in [3.8, 4) is 0 Å². The molecular formula is C19H16N2O2. The van der Waals surface area contributed by atoms with Gasteiger partial charge in [-0.25, -0.2) is 0 Å². The number of carbonyl (C=O) groups excluding carboxylic acids is 1. The van der Waals surface area contributed by atoms with Gasteiger partial charge in [0.25, 0.3) is 5.91 Å². The molecule has 2 aromatic carbocycles. The maximum atomic E-state index is 12.8. The van der Waals surface area contributed by atoms with Crippen molar-refractivity contribution in [3.63, 3.8) is 0 Å². The second-order valence-corrected chi connectivity index (χ2v) is 5.52. The number of furan rings is 1. The number of anilines is 2. The van der Waals surface area contributed by atoms with Gasteiger partial charge in [0.1, 0.15) is 0 Å². The van der Waals surface area contributed by atoms with E-state index in [0.29, 0.717) is 12.3 Å². The molecule has 3 aromatic rings. The van der Waals surface area contributed by atoms with Gasteiger partial charge in [0.15, 0.2) is 5.76 Å². The lowest BCUT2D eigenvalue weighted by Gasteiger charge is -2.35. The Bertz CT molecular complexity index is 812. The van der Waals surface area contributed by atoms with Crippen LogP contribution in [-0.4, -0.2) is 12.5 Å². The molecule has 0 saturated carbocycles. The van der Waals surface area contributed by atoms with Crippen molar-refractivity contribution >= 4 is 17.3 Å². The lowest BCUT2D eigenvalue weighted by Crippen LogP contribution is -2.40. The van der Waals surface area contributed by atoms with Gasteiger partial charge in [0.05, 0.1) is 30.2 Å². The fourth-order valence-electron chi connectivity index (χ4n) is 2.95. The standard InChI is InChI=1S/C19H16N2O2/c22-19(18-11-6-12-23-18)21-13-16(14-7-2-1-3-8-14)20-15-9-4-5-10-17(15)21/h1-12,16,20H,13H2. The molecule has 0 fully saturated rings. The lowest BCUT2D eigenvalue weighted by molar-refractivity contribution is 0.0958. The maximum Gasteiger partial charge on any atom is 0.294 e. The van der Waals surface area contributed by atoms with Crippen molar-refractivity contribution in [2.75, 3.05) is 16.8 Å². The SMILES string of the molecule is O=C(c1ccco1)N1CC(c2ccccc2)Nc2ccccc21. The van der Waals surface area contributed by atoms with Crippen LogP contribution in [0.25, 0.3) is 0 Å². The molecule has 4 rings (SSSR count). The summed E-state index contributed by atoms with van der Waals surface area (Å²) < 4.78 is 5.29. The largest absolute Gasteiger partial charge is 0.459 e. The van der Waals surface area contributed by atoms with Gasteiger partial charge in [-0.2, -0.15) is 0 Å². The monoisotopic (exact) mass is 304 g/mol. The quantitative estimate of drug-likeness (QED) is 0.775. The third kappa shape index (κ3) is 2.48. The predicted molar refractivity (Wildman–Crippen MR) is 89.6 cm³/mol. The fraction of sp³-hybridized carbons (Fsp3) is 0.105. The number of fused-ring (bicyclic) bond motifs is 1. The Kier molecular flexibility index (Phi) is 3.35. The molecule has 1 aliphatic rings. The van der Waals surface area contributed by atoms with E-state index < -0.39 is 0 Å². The molecule has 1 aromatic heterocycles. The van der Waals surface area contributed by atoms with Crippen LogP contribution < -0.4 is 10.2 Å². The number of para-hydroxylation sites is 2. The summed E-state index contributed by atoms with van der Waals surface area (Å²) in [4.78, 5) is 14.6. The molecule has 23 heavy (non-hydrogen) atoms. The van der Waals surface area contributed by atoms with E-state index in [0.717, 1.165) is 16.9 Å². The van der Waals surface area contributed by atoms with Gasteiger partial charge >= 0.3 is 0 Å². The van der Waals surface area contributed by atoms with Gasteiger partial charge in [-0.15, -0.1) is 0 Å². The zero-order valence-corrected chi connectivity index (χ0v) is 12.5. The van der Waals surface area contributed by atoms with Crippen LogP contribution in [0.1, 0.15) is 22.2 Å². The molecule has 2 heterocycles. The molecule has 0 bridgehead atoms. The predicted octanol–water partition coefficient (Wildman–Crippen LogP) is 4.09. The topological polar surface area (TPSA) is 45.5 Å². The second-order valence-electron chi connectivity index (χ2n) is 5.52. The summed E-state index contributed by atoms with van der Waals surface area (Å²) in [6, 6.07) is 21.5. The second kappa shape index (κ2) is 5.65. The molecule has 4 heteroatoms. The highest BCUT2D eigenvalue weighted by Gasteiger charge is 2.30. The number of hydrogen-bond acceptors (Lipinski definition) is 3. The van der Waals surface area contributed by atoms with Crippen LogP contribution >= 0.6 is 0 Å². The minimum atomic E-state index is -0.120. The average molecular weight is 304 g/mol. The molecule has 4 nitrogen and oxygen atoms in total. The van der Waals surface area contributed by atoms with E-state index in [1.54, 1.807) is 17.0 Å². The molecule has 0 spiro atoms. The molecule has 114 valence electrons. The summed E-state index contributed by atoms with van der Waals surface area (Å²) >= 11 is 0. The third-order valence-electron chi connectivity index (χ3n) is 4.07. The smallest absolute Gasteiger partial charge is 0.294 e. The first-order valence-corrected chi connectivity index (χ1v) is 7.59. The number of nitrogens with zero attached hydrogens (tertiary/aromatic N) is 1. The Hall–Kier alpha value is -3.01. The van der Waals surface area contributed by atoms with E-state index >= 15 is 0 Å². The Morgan fingerprint density at radius 2 is 1.78 bits per heavy atom. The summed E-state index contributed by atoms with van der Waals surface area (Å²) in [6.07, 6.45) is 1.52. The van der Waals surface area contributed by atoms with Crippen LogP contribution in [0, 0.1) is 0 Å². The van der Waals surface area contributed by atoms with Crippen LogP contribution in [0.4, 0.5) is 11.4 Å². The first-order valence-electron chi connectivity index (χ1n) is 7.59. The summed E-state index contributed by atoms with van der Waals surface area (Å²) in [7, 11) is 0. The van der Waals surface area contributed by atoms with Crippen molar-refractivity contribution in [1.29, 1.82) is 0 Å². The first-order chi connectivity index (χ1) is 11.3. The van der Waals surface area contributed by atoms with Gasteiger partial charge in [0, 0.05) is 0 Å². The number of benzene rings is 2. The number of amides is 1. The summed E-state index contributed by atoms with van der Waals surface area (Å²) in [5.41, 5.74) is 2.98. The Balaban J connectivity index is 1.74.